The Bertz CT molecular complexity index is 450. The Balaban J connectivity index is 2.01. The van der Waals surface area contributed by atoms with Crippen LogP contribution in [-0.2, 0) is 4.74 Å². The molecule has 5 nitrogen and oxygen atoms in total. The summed E-state index contributed by atoms with van der Waals surface area (Å²) in [7, 11) is 1.71. The maximum absolute atomic E-state index is 12.2. The van der Waals surface area contributed by atoms with Crippen LogP contribution in [0.2, 0.25) is 0 Å². The van der Waals surface area contributed by atoms with Gasteiger partial charge in [0, 0.05) is 19.1 Å². The second-order valence-corrected chi connectivity index (χ2v) is 5.39. The maximum Gasteiger partial charge on any atom is 0.254 e. The van der Waals surface area contributed by atoms with Gasteiger partial charge >= 0.3 is 0 Å². The molecule has 0 atom stereocenters. The lowest BCUT2D eigenvalue weighted by molar-refractivity contribution is 0.0179. The van der Waals surface area contributed by atoms with Crippen LogP contribution in [0.4, 0.5) is 0 Å². The van der Waals surface area contributed by atoms with Gasteiger partial charge in [0.15, 0.2) is 0 Å². The van der Waals surface area contributed by atoms with E-state index in [1.807, 2.05) is 13.8 Å². The summed E-state index contributed by atoms with van der Waals surface area (Å²) in [5, 5.41) is 3.01. The number of nitrogens with zero attached hydrogens (tertiary/aromatic N) is 2. The topological polar surface area (TPSA) is 64.1 Å². The minimum Gasteiger partial charge on any atom is -0.384 e. The highest BCUT2D eigenvalue weighted by Crippen LogP contribution is 2.40. The van der Waals surface area contributed by atoms with Crippen molar-refractivity contribution in [1.82, 2.24) is 15.3 Å². The molecule has 1 aromatic rings. The number of hydrogen-bond acceptors (Lipinski definition) is 4. The Hall–Kier alpha value is -1.49. The summed E-state index contributed by atoms with van der Waals surface area (Å²) in [4.78, 5) is 20.4. The van der Waals surface area contributed by atoms with Gasteiger partial charge in [-0.1, -0.05) is 6.42 Å². The summed E-state index contributed by atoms with van der Waals surface area (Å²) in [5.41, 5.74) is 2.16. The van der Waals surface area contributed by atoms with Gasteiger partial charge in [-0.25, -0.2) is 9.97 Å². The quantitative estimate of drug-likeness (QED) is 0.877. The molecule has 0 aliphatic heterocycles. The van der Waals surface area contributed by atoms with Gasteiger partial charge in [-0.05, 0) is 26.7 Å². The van der Waals surface area contributed by atoms with Gasteiger partial charge in [0.2, 0.25) is 0 Å². The van der Waals surface area contributed by atoms with E-state index in [0.717, 1.165) is 24.2 Å². The molecule has 0 saturated heterocycles. The van der Waals surface area contributed by atoms with Crippen LogP contribution in [0.25, 0.3) is 0 Å². The van der Waals surface area contributed by atoms with Crippen molar-refractivity contribution in [2.75, 3.05) is 20.3 Å². The predicted molar refractivity (Wildman–Crippen MR) is 72.0 cm³/mol. The van der Waals surface area contributed by atoms with Gasteiger partial charge in [0.05, 0.1) is 23.6 Å². The standard InChI is InChI=1S/C14H21N3O2/c1-10-12(11(2)17-9-16-10)13(18)15-7-14(8-19-3)5-4-6-14/h9H,4-8H2,1-3H3,(H,15,18). The SMILES string of the molecule is COCC1(CNC(=O)c2c(C)ncnc2C)CCC1. The molecule has 0 radical (unpaired) electrons. The van der Waals surface area contributed by atoms with Crippen molar-refractivity contribution in [1.29, 1.82) is 0 Å². The molecule has 1 heterocycles. The molecule has 1 saturated carbocycles. The van der Waals surface area contributed by atoms with E-state index in [-0.39, 0.29) is 11.3 Å². The largest absolute Gasteiger partial charge is 0.384 e. The number of rotatable bonds is 5. The number of hydrogen-bond donors (Lipinski definition) is 1. The predicted octanol–water partition coefficient (Wildman–Crippen LogP) is 1.64. The van der Waals surface area contributed by atoms with Gasteiger partial charge in [-0.3, -0.25) is 4.79 Å². The van der Waals surface area contributed by atoms with Crippen LogP contribution in [0.5, 0.6) is 0 Å². The first-order valence-corrected chi connectivity index (χ1v) is 6.63. The van der Waals surface area contributed by atoms with Crippen molar-refractivity contribution >= 4 is 5.91 Å². The summed E-state index contributed by atoms with van der Waals surface area (Å²) in [5.74, 6) is -0.0852. The number of ether oxygens (including phenoxy) is 1. The zero-order chi connectivity index (χ0) is 13.9. The lowest BCUT2D eigenvalue weighted by atomic mass is 9.69. The highest BCUT2D eigenvalue weighted by atomic mass is 16.5. The second kappa shape index (κ2) is 5.65. The van der Waals surface area contributed by atoms with Crippen molar-refractivity contribution < 1.29 is 9.53 Å². The van der Waals surface area contributed by atoms with Gasteiger partial charge in [0.1, 0.15) is 6.33 Å². The molecule has 1 aliphatic rings. The fourth-order valence-corrected chi connectivity index (χ4v) is 2.63. The van der Waals surface area contributed by atoms with Crippen molar-refractivity contribution in [2.24, 2.45) is 5.41 Å². The molecule has 1 aliphatic carbocycles. The van der Waals surface area contributed by atoms with Crippen molar-refractivity contribution in [2.45, 2.75) is 33.1 Å². The van der Waals surface area contributed by atoms with E-state index in [1.54, 1.807) is 7.11 Å². The van der Waals surface area contributed by atoms with Crippen LogP contribution in [-0.4, -0.2) is 36.1 Å². The maximum atomic E-state index is 12.2. The lowest BCUT2D eigenvalue weighted by Gasteiger charge is -2.41. The van der Waals surface area contributed by atoms with Crippen LogP contribution in [0.1, 0.15) is 41.0 Å². The number of methoxy groups -OCH3 is 1. The third-order valence-corrected chi connectivity index (χ3v) is 3.94. The Morgan fingerprint density at radius 3 is 2.47 bits per heavy atom. The first-order valence-electron chi connectivity index (χ1n) is 6.63. The summed E-state index contributed by atoms with van der Waals surface area (Å²) >= 11 is 0. The normalized spacial score (nSPS) is 16.8. The molecular formula is C14H21N3O2. The highest BCUT2D eigenvalue weighted by molar-refractivity contribution is 5.96. The molecule has 0 spiro atoms. The average Bonchev–Trinajstić information content (AvgIpc) is 2.32. The van der Waals surface area contributed by atoms with Crippen molar-refractivity contribution in [3.05, 3.63) is 23.3 Å². The molecule has 1 amide bonds. The molecular weight excluding hydrogens is 242 g/mol. The Kier molecular flexibility index (Phi) is 4.14. The van der Waals surface area contributed by atoms with Gasteiger partial charge in [-0.15, -0.1) is 0 Å². The number of aryl methyl sites for hydroxylation is 2. The number of carbonyl (C=O) groups is 1. The zero-order valence-corrected chi connectivity index (χ0v) is 11.8. The van der Waals surface area contributed by atoms with Crippen LogP contribution < -0.4 is 5.32 Å². The zero-order valence-electron chi connectivity index (χ0n) is 11.8. The smallest absolute Gasteiger partial charge is 0.254 e. The summed E-state index contributed by atoms with van der Waals surface area (Å²) in [6.45, 7) is 5.03. The molecule has 1 fully saturated rings. The van der Waals surface area contributed by atoms with Crippen LogP contribution in [0, 0.1) is 19.3 Å². The first kappa shape index (κ1) is 13.9. The van der Waals surface area contributed by atoms with Crippen LogP contribution >= 0.6 is 0 Å². The van der Waals surface area contributed by atoms with Gasteiger partial charge in [-0.2, -0.15) is 0 Å². The molecule has 104 valence electrons. The van der Waals surface area contributed by atoms with Crippen molar-refractivity contribution in [3.8, 4) is 0 Å². The van der Waals surface area contributed by atoms with E-state index >= 15 is 0 Å². The Morgan fingerprint density at radius 1 is 1.37 bits per heavy atom. The number of nitrogens with one attached hydrogen (secondary N) is 1. The van der Waals surface area contributed by atoms with E-state index in [4.69, 9.17) is 4.74 Å². The summed E-state index contributed by atoms with van der Waals surface area (Å²) < 4.78 is 5.26. The number of aromatic nitrogens is 2. The molecule has 19 heavy (non-hydrogen) atoms. The second-order valence-electron chi connectivity index (χ2n) is 5.39. The lowest BCUT2D eigenvalue weighted by Crippen LogP contribution is -2.45. The Morgan fingerprint density at radius 2 is 2.00 bits per heavy atom. The van der Waals surface area contributed by atoms with Crippen molar-refractivity contribution in [3.63, 3.8) is 0 Å². The first-order chi connectivity index (χ1) is 9.08. The van der Waals surface area contributed by atoms with Gasteiger partial charge in [0.25, 0.3) is 5.91 Å². The minimum atomic E-state index is -0.0852. The molecule has 1 aromatic heterocycles. The van der Waals surface area contributed by atoms with Crippen LogP contribution in [0.15, 0.2) is 6.33 Å². The third kappa shape index (κ3) is 2.92. The summed E-state index contributed by atoms with van der Waals surface area (Å²) in [6, 6.07) is 0. The van der Waals surface area contributed by atoms with Crippen LogP contribution in [0.3, 0.4) is 0 Å². The molecule has 0 aromatic carbocycles. The molecule has 0 bridgehead atoms. The number of carbonyl (C=O) groups excluding carboxylic acids is 1. The average molecular weight is 263 g/mol. The minimum absolute atomic E-state index is 0.0852. The molecule has 5 heteroatoms. The van der Waals surface area contributed by atoms with E-state index in [1.165, 1.54) is 12.7 Å². The number of amides is 1. The molecule has 0 unspecified atom stereocenters. The monoisotopic (exact) mass is 263 g/mol. The van der Waals surface area contributed by atoms with Gasteiger partial charge < -0.3 is 10.1 Å². The third-order valence-electron chi connectivity index (χ3n) is 3.94. The summed E-state index contributed by atoms with van der Waals surface area (Å²) in [6.07, 6.45) is 4.93. The van der Waals surface area contributed by atoms with E-state index in [0.29, 0.717) is 18.7 Å². The fraction of sp³-hybridized carbons (Fsp3) is 0.643. The Labute approximate surface area is 113 Å². The molecule has 1 N–H and O–H groups in total. The fourth-order valence-electron chi connectivity index (χ4n) is 2.63. The van der Waals surface area contributed by atoms with E-state index < -0.39 is 0 Å². The van der Waals surface area contributed by atoms with E-state index in [9.17, 15) is 4.79 Å². The molecule has 2 rings (SSSR count). The highest BCUT2D eigenvalue weighted by Gasteiger charge is 2.37. The van der Waals surface area contributed by atoms with E-state index in [2.05, 4.69) is 15.3 Å².